The lowest BCUT2D eigenvalue weighted by molar-refractivity contribution is 0.512. The number of halogens is 2. The van der Waals surface area contributed by atoms with Gasteiger partial charge in [-0.1, -0.05) is 0 Å². The Morgan fingerprint density at radius 1 is 1.29 bits per heavy atom. The molecule has 94 valence electrons. The van der Waals surface area contributed by atoms with Gasteiger partial charge in [0.15, 0.2) is 11.6 Å². The predicted octanol–water partition coefficient (Wildman–Crippen LogP) is 0.956. The van der Waals surface area contributed by atoms with Crippen molar-refractivity contribution in [3.8, 4) is 0 Å². The number of nitrogen functional groups attached to an aromatic ring is 1. The van der Waals surface area contributed by atoms with Gasteiger partial charge in [-0.2, -0.15) is 13.1 Å². The molecule has 1 aliphatic carbocycles. The molecule has 1 saturated carbocycles. The molecule has 1 fully saturated rings. The lowest BCUT2D eigenvalue weighted by Gasteiger charge is -2.11. The van der Waals surface area contributed by atoms with Crippen molar-refractivity contribution in [2.24, 2.45) is 0 Å². The first-order chi connectivity index (χ1) is 7.89. The molecule has 5 nitrogen and oxygen atoms in total. The van der Waals surface area contributed by atoms with Crippen LogP contribution in [0.2, 0.25) is 0 Å². The van der Waals surface area contributed by atoms with Crippen molar-refractivity contribution >= 4 is 21.6 Å². The molecule has 0 aromatic heterocycles. The first kappa shape index (κ1) is 12.1. The maximum absolute atomic E-state index is 13.3. The van der Waals surface area contributed by atoms with Gasteiger partial charge in [-0.15, -0.1) is 0 Å². The van der Waals surface area contributed by atoms with Gasteiger partial charge in [0, 0.05) is 6.04 Å². The number of hydrogen-bond donors (Lipinski definition) is 3. The van der Waals surface area contributed by atoms with Crippen LogP contribution in [-0.4, -0.2) is 14.5 Å². The summed E-state index contributed by atoms with van der Waals surface area (Å²) in [7, 11) is -3.92. The molecule has 1 aromatic rings. The smallest absolute Gasteiger partial charge is 0.299 e. The van der Waals surface area contributed by atoms with Crippen LogP contribution in [0.1, 0.15) is 12.8 Å². The summed E-state index contributed by atoms with van der Waals surface area (Å²) in [6.07, 6.45) is 1.48. The Morgan fingerprint density at radius 3 is 2.53 bits per heavy atom. The highest BCUT2D eigenvalue weighted by molar-refractivity contribution is 7.90. The van der Waals surface area contributed by atoms with Crippen molar-refractivity contribution < 1.29 is 17.2 Å². The number of nitrogens with two attached hydrogens (primary N) is 1. The van der Waals surface area contributed by atoms with Crippen molar-refractivity contribution in [1.29, 1.82) is 0 Å². The quantitative estimate of drug-likeness (QED) is 0.707. The van der Waals surface area contributed by atoms with E-state index in [4.69, 9.17) is 5.73 Å². The van der Waals surface area contributed by atoms with Gasteiger partial charge in [-0.05, 0) is 25.0 Å². The maximum Gasteiger partial charge on any atom is 0.299 e. The minimum absolute atomic E-state index is 0.134. The molecule has 1 aliphatic rings. The van der Waals surface area contributed by atoms with Crippen LogP contribution in [0.25, 0.3) is 0 Å². The van der Waals surface area contributed by atoms with Crippen LogP contribution < -0.4 is 15.2 Å². The fraction of sp³-hybridized carbons (Fsp3) is 0.333. The predicted molar refractivity (Wildman–Crippen MR) is 59.5 cm³/mol. The maximum atomic E-state index is 13.3. The molecule has 8 heteroatoms. The van der Waals surface area contributed by atoms with E-state index in [0.717, 1.165) is 25.0 Å². The summed E-state index contributed by atoms with van der Waals surface area (Å²) in [5.74, 6) is -2.48. The Kier molecular flexibility index (Phi) is 2.92. The third-order valence-electron chi connectivity index (χ3n) is 2.26. The highest BCUT2D eigenvalue weighted by atomic mass is 32.2. The van der Waals surface area contributed by atoms with E-state index in [-0.39, 0.29) is 11.7 Å². The molecule has 0 saturated heterocycles. The zero-order chi connectivity index (χ0) is 12.6. The molecule has 0 spiro atoms. The van der Waals surface area contributed by atoms with Gasteiger partial charge in [0.1, 0.15) is 5.69 Å². The lowest BCUT2D eigenvalue weighted by atomic mass is 10.2. The van der Waals surface area contributed by atoms with E-state index in [2.05, 4.69) is 4.72 Å². The van der Waals surface area contributed by atoms with Crippen LogP contribution in [0, 0.1) is 11.6 Å². The average Bonchev–Trinajstić information content (AvgIpc) is 3.02. The zero-order valence-electron chi connectivity index (χ0n) is 8.70. The molecular formula is C9H11F2N3O2S. The van der Waals surface area contributed by atoms with Gasteiger partial charge in [-0.3, -0.25) is 4.72 Å². The second-order valence-electron chi connectivity index (χ2n) is 3.82. The third-order valence-corrected chi connectivity index (χ3v) is 3.38. The van der Waals surface area contributed by atoms with Gasteiger partial charge in [0.2, 0.25) is 0 Å². The van der Waals surface area contributed by atoms with Crippen molar-refractivity contribution in [3.05, 3.63) is 23.8 Å². The van der Waals surface area contributed by atoms with Crippen molar-refractivity contribution in [2.45, 2.75) is 18.9 Å². The van der Waals surface area contributed by atoms with Gasteiger partial charge in [-0.25, -0.2) is 8.78 Å². The second-order valence-corrected chi connectivity index (χ2v) is 5.27. The molecular weight excluding hydrogens is 252 g/mol. The molecule has 0 radical (unpaired) electrons. The molecule has 0 bridgehead atoms. The number of nitrogens with one attached hydrogen (secondary N) is 2. The first-order valence-electron chi connectivity index (χ1n) is 4.92. The third kappa shape index (κ3) is 2.83. The van der Waals surface area contributed by atoms with Crippen LogP contribution in [-0.2, 0) is 10.2 Å². The van der Waals surface area contributed by atoms with Gasteiger partial charge in [0.05, 0.1) is 5.69 Å². The van der Waals surface area contributed by atoms with E-state index >= 15 is 0 Å². The summed E-state index contributed by atoms with van der Waals surface area (Å²) < 4.78 is 53.4. The standard InChI is InChI=1S/C9H11F2N3O2S/c10-6-3-4-7(12)9(8(6)11)14-17(15,16)13-5-1-2-5/h3-5,13-14H,1-2,12H2. The Labute approximate surface area is 97.2 Å². The van der Waals surface area contributed by atoms with Gasteiger partial charge in [0.25, 0.3) is 10.2 Å². The van der Waals surface area contributed by atoms with Crippen LogP contribution in [0.4, 0.5) is 20.2 Å². The van der Waals surface area contributed by atoms with Crippen molar-refractivity contribution in [1.82, 2.24) is 4.72 Å². The summed E-state index contributed by atoms with van der Waals surface area (Å²) in [4.78, 5) is 0. The van der Waals surface area contributed by atoms with E-state index in [1.807, 2.05) is 4.72 Å². The number of anilines is 2. The van der Waals surface area contributed by atoms with E-state index in [9.17, 15) is 17.2 Å². The summed E-state index contributed by atoms with van der Waals surface area (Å²) in [6.45, 7) is 0. The number of hydrogen-bond acceptors (Lipinski definition) is 3. The largest absolute Gasteiger partial charge is 0.397 e. The highest BCUT2D eigenvalue weighted by Crippen LogP contribution is 2.26. The average molecular weight is 263 g/mol. The Hall–Kier alpha value is -1.41. The van der Waals surface area contributed by atoms with Gasteiger partial charge >= 0.3 is 0 Å². The van der Waals surface area contributed by atoms with Crippen LogP contribution in [0.15, 0.2) is 12.1 Å². The SMILES string of the molecule is Nc1ccc(F)c(F)c1NS(=O)(=O)NC1CC1. The Balaban J connectivity index is 2.25. The monoisotopic (exact) mass is 263 g/mol. The molecule has 4 N–H and O–H groups in total. The molecule has 1 aromatic carbocycles. The Bertz CT molecular complexity index is 543. The van der Waals surface area contributed by atoms with E-state index in [1.165, 1.54) is 0 Å². The fourth-order valence-corrected chi connectivity index (χ4v) is 2.46. The molecule has 0 unspecified atom stereocenters. The van der Waals surface area contributed by atoms with E-state index < -0.39 is 27.5 Å². The molecule has 0 heterocycles. The minimum Gasteiger partial charge on any atom is -0.397 e. The Morgan fingerprint density at radius 2 is 1.94 bits per heavy atom. The van der Waals surface area contributed by atoms with Crippen LogP contribution >= 0.6 is 0 Å². The number of rotatable bonds is 4. The summed E-state index contributed by atoms with van der Waals surface area (Å²) in [5.41, 5.74) is 4.64. The summed E-state index contributed by atoms with van der Waals surface area (Å²) >= 11 is 0. The molecule has 0 amide bonds. The van der Waals surface area contributed by atoms with Crippen molar-refractivity contribution in [2.75, 3.05) is 10.5 Å². The van der Waals surface area contributed by atoms with E-state index in [1.54, 1.807) is 0 Å². The second kappa shape index (κ2) is 4.11. The first-order valence-corrected chi connectivity index (χ1v) is 6.41. The van der Waals surface area contributed by atoms with Crippen LogP contribution in [0.3, 0.4) is 0 Å². The molecule has 0 aliphatic heterocycles. The number of benzene rings is 1. The van der Waals surface area contributed by atoms with E-state index in [0.29, 0.717) is 0 Å². The lowest BCUT2D eigenvalue weighted by Crippen LogP contribution is -2.32. The van der Waals surface area contributed by atoms with Gasteiger partial charge < -0.3 is 5.73 Å². The normalized spacial score (nSPS) is 15.9. The highest BCUT2D eigenvalue weighted by Gasteiger charge is 2.28. The minimum atomic E-state index is -3.92. The molecule has 2 rings (SSSR count). The zero-order valence-corrected chi connectivity index (χ0v) is 9.52. The topological polar surface area (TPSA) is 84.2 Å². The molecule has 17 heavy (non-hydrogen) atoms. The van der Waals surface area contributed by atoms with Crippen LogP contribution in [0.5, 0.6) is 0 Å². The summed E-state index contributed by atoms with van der Waals surface area (Å²) in [5, 5.41) is 0. The summed E-state index contributed by atoms with van der Waals surface area (Å²) in [6, 6.07) is 1.79. The van der Waals surface area contributed by atoms with Crippen molar-refractivity contribution in [3.63, 3.8) is 0 Å². The molecule has 0 atom stereocenters. The fourth-order valence-electron chi connectivity index (χ4n) is 1.25.